The van der Waals surface area contributed by atoms with Crippen LogP contribution >= 0.6 is 0 Å². The van der Waals surface area contributed by atoms with Crippen LogP contribution in [0.4, 0.5) is 0 Å². The van der Waals surface area contributed by atoms with Gasteiger partial charge in [0.1, 0.15) is 0 Å². The molecule has 1 aliphatic rings. The van der Waals surface area contributed by atoms with Crippen molar-refractivity contribution in [2.24, 2.45) is 5.90 Å². The molecule has 0 spiro atoms. The molecule has 0 aliphatic carbocycles. The van der Waals surface area contributed by atoms with E-state index >= 15 is 0 Å². The molecule has 0 saturated carbocycles. The number of likely N-dealkylation sites (tertiary alicyclic amines) is 1. The standard InChI is InChI=1S/C5H11N.C3H9NO/c1-6-4-2-3-5-6;1-3(2)5-4/h2-5H2,1H3;3H,4H2,1-2H3. The second-order valence-corrected chi connectivity index (χ2v) is 3.20. The highest BCUT2D eigenvalue weighted by atomic mass is 16.6. The Hall–Kier alpha value is -0.120. The maximum absolute atomic E-state index is 4.67. The summed E-state index contributed by atoms with van der Waals surface area (Å²) in [5.74, 6) is 4.67. The molecule has 1 fully saturated rings. The van der Waals surface area contributed by atoms with E-state index in [2.05, 4.69) is 22.7 Å². The Labute approximate surface area is 69.5 Å². The fraction of sp³-hybridized carbons (Fsp3) is 1.00. The summed E-state index contributed by atoms with van der Waals surface area (Å²) in [6, 6.07) is 0. The second kappa shape index (κ2) is 6.58. The molecule has 2 N–H and O–H groups in total. The van der Waals surface area contributed by atoms with Crippen molar-refractivity contribution >= 4 is 0 Å². The molecular weight excluding hydrogens is 140 g/mol. The first kappa shape index (κ1) is 10.9. The lowest BCUT2D eigenvalue weighted by molar-refractivity contribution is 0.0800. The molecule has 68 valence electrons. The molecule has 1 saturated heterocycles. The van der Waals surface area contributed by atoms with Crippen molar-refractivity contribution in [3.8, 4) is 0 Å². The Morgan fingerprint density at radius 2 is 1.64 bits per heavy atom. The molecule has 3 nitrogen and oxygen atoms in total. The van der Waals surface area contributed by atoms with Gasteiger partial charge in [0.25, 0.3) is 0 Å². The van der Waals surface area contributed by atoms with E-state index in [1.54, 1.807) is 0 Å². The number of nitrogens with two attached hydrogens (primary N) is 1. The predicted molar refractivity (Wildman–Crippen MR) is 47.1 cm³/mol. The van der Waals surface area contributed by atoms with Gasteiger partial charge in [0.05, 0.1) is 6.10 Å². The van der Waals surface area contributed by atoms with Crippen molar-refractivity contribution in [1.29, 1.82) is 0 Å². The number of hydrogen-bond donors (Lipinski definition) is 1. The Morgan fingerprint density at radius 1 is 1.27 bits per heavy atom. The zero-order chi connectivity index (χ0) is 8.69. The molecule has 3 heteroatoms. The fourth-order valence-electron chi connectivity index (χ4n) is 0.875. The van der Waals surface area contributed by atoms with Crippen LogP contribution in [-0.2, 0) is 4.84 Å². The summed E-state index contributed by atoms with van der Waals surface area (Å²) in [5.41, 5.74) is 0. The topological polar surface area (TPSA) is 38.5 Å². The minimum Gasteiger partial charge on any atom is -0.306 e. The molecule has 0 unspecified atom stereocenters. The van der Waals surface area contributed by atoms with Gasteiger partial charge in [-0.3, -0.25) is 0 Å². The third kappa shape index (κ3) is 7.78. The zero-order valence-corrected chi connectivity index (χ0v) is 7.84. The minimum absolute atomic E-state index is 0.162. The molecule has 0 bridgehead atoms. The third-order valence-electron chi connectivity index (χ3n) is 1.60. The average molecular weight is 160 g/mol. The Kier molecular flexibility index (Phi) is 6.51. The first-order chi connectivity index (χ1) is 5.16. The fourth-order valence-corrected chi connectivity index (χ4v) is 0.875. The van der Waals surface area contributed by atoms with Crippen LogP contribution in [0.2, 0.25) is 0 Å². The van der Waals surface area contributed by atoms with Crippen molar-refractivity contribution in [3.63, 3.8) is 0 Å². The quantitative estimate of drug-likeness (QED) is 0.581. The average Bonchev–Trinajstić information content (AvgIpc) is 2.41. The predicted octanol–water partition coefficient (Wildman–Crippen LogP) is 0.997. The summed E-state index contributed by atoms with van der Waals surface area (Å²) < 4.78 is 0. The van der Waals surface area contributed by atoms with Crippen molar-refractivity contribution in [2.45, 2.75) is 32.8 Å². The van der Waals surface area contributed by atoms with E-state index in [1.807, 2.05) is 13.8 Å². The lowest BCUT2D eigenvalue weighted by Crippen LogP contribution is -2.10. The smallest absolute Gasteiger partial charge is 0.0731 e. The molecular formula is C8H20N2O. The van der Waals surface area contributed by atoms with E-state index in [-0.39, 0.29) is 6.10 Å². The van der Waals surface area contributed by atoms with E-state index < -0.39 is 0 Å². The van der Waals surface area contributed by atoms with Crippen molar-refractivity contribution < 1.29 is 4.84 Å². The molecule has 11 heavy (non-hydrogen) atoms. The van der Waals surface area contributed by atoms with Crippen LogP contribution in [0, 0.1) is 0 Å². The highest BCUT2D eigenvalue weighted by Crippen LogP contribution is 2.01. The Morgan fingerprint density at radius 3 is 1.73 bits per heavy atom. The Bertz CT molecular complexity index is 80.2. The van der Waals surface area contributed by atoms with Crippen LogP contribution in [0.1, 0.15) is 26.7 Å². The summed E-state index contributed by atoms with van der Waals surface area (Å²) in [4.78, 5) is 6.61. The highest BCUT2D eigenvalue weighted by molar-refractivity contribution is 4.59. The van der Waals surface area contributed by atoms with Crippen molar-refractivity contribution in [1.82, 2.24) is 4.90 Å². The van der Waals surface area contributed by atoms with E-state index in [9.17, 15) is 0 Å². The van der Waals surface area contributed by atoms with Gasteiger partial charge in [0.2, 0.25) is 0 Å². The highest BCUT2D eigenvalue weighted by Gasteiger charge is 2.03. The van der Waals surface area contributed by atoms with E-state index in [0.29, 0.717) is 0 Å². The summed E-state index contributed by atoms with van der Waals surface area (Å²) in [7, 11) is 2.17. The van der Waals surface area contributed by atoms with Gasteiger partial charge in [0, 0.05) is 0 Å². The van der Waals surface area contributed by atoms with Crippen molar-refractivity contribution in [2.75, 3.05) is 20.1 Å². The van der Waals surface area contributed by atoms with Crippen molar-refractivity contribution in [3.05, 3.63) is 0 Å². The van der Waals surface area contributed by atoms with Crippen LogP contribution in [0.5, 0.6) is 0 Å². The molecule has 1 aliphatic heterocycles. The van der Waals surface area contributed by atoms with Gasteiger partial charge in [-0.1, -0.05) is 0 Å². The SMILES string of the molecule is CC(C)ON.CN1CCCC1. The first-order valence-electron chi connectivity index (χ1n) is 4.21. The third-order valence-corrected chi connectivity index (χ3v) is 1.60. The van der Waals surface area contributed by atoms with Gasteiger partial charge in [-0.15, -0.1) is 0 Å². The monoisotopic (exact) mass is 160 g/mol. The van der Waals surface area contributed by atoms with Crippen LogP contribution < -0.4 is 5.90 Å². The number of hydrogen-bond acceptors (Lipinski definition) is 3. The van der Waals surface area contributed by atoms with Gasteiger partial charge in [0.15, 0.2) is 0 Å². The van der Waals surface area contributed by atoms with E-state index in [4.69, 9.17) is 0 Å². The Balaban J connectivity index is 0.000000187. The number of nitrogens with zero attached hydrogens (tertiary/aromatic N) is 1. The maximum atomic E-state index is 4.67. The van der Waals surface area contributed by atoms with E-state index in [0.717, 1.165) is 0 Å². The van der Waals surface area contributed by atoms with Gasteiger partial charge in [-0.2, -0.15) is 0 Å². The summed E-state index contributed by atoms with van der Waals surface area (Å²) >= 11 is 0. The van der Waals surface area contributed by atoms with Crippen LogP contribution in [0.3, 0.4) is 0 Å². The molecule has 0 radical (unpaired) electrons. The maximum Gasteiger partial charge on any atom is 0.0731 e. The lowest BCUT2D eigenvalue weighted by atomic mass is 10.4. The van der Waals surface area contributed by atoms with E-state index in [1.165, 1.54) is 25.9 Å². The molecule has 1 heterocycles. The van der Waals surface area contributed by atoms with Crippen LogP contribution in [-0.4, -0.2) is 31.1 Å². The largest absolute Gasteiger partial charge is 0.306 e. The van der Waals surface area contributed by atoms with Gasteiger partial charge >= 0.3 is 0 Å². The summed E-state index contributed by atoms with van der Waals surface area (Å²) in [5, 5.41) is 0. The van der Waals surface area contributed by atoms with Crippen LogP contribution in [0.25, 0.3) is 0 Å². The molecule has 0 atom stereocenters. The zero-order valence-electron chi connectivity index (χ0n) is 7.84. The first-order valence-corrected chi connectivity index (χ1v) is 4.21. The molecule has 1 rings (SSSR count). The molecule has 0 amide bonds. The molecule has 0 aromatic rings. The second-order valence-electron chi connectivity index (χ2n) is 3.20. The van der Waals surface area contributed by atoms with Crippen LogP contribution in [0.15, 0.2) is 0 Å². The lowest BCUT2D eigenvalue weighted by Gasteiger charge is -2.01. The van der Waals surface area contributed by atoms with Gasteiger partial charge in [-0.25, -0.2) is 5.90 Å². The summed E-state index contributed by atoms with van der Waals surface area (Å²) in [6.45, 7) is 6.39. The number of rotatable bonds is 1. The molecule has 0 aromatic heterocycles. The van der Waals surface area contributed by atoms with Gasteiger partial charge < -0.3 is 9.74 Å². The van der Waals surface area contributed by atoms with Gasteiger partial charge in [-0.05, 0) is 46.8 Å². The minimum atomic E-state index is 0.162. The molecule has 0 aromatic carbocycles. The normalized spacial score (nSPS) is 18.3. The summed E-state index contributed by atoms with van der Waals surface area (Å²) in [6.07, 6.45) is 2.99.